The van der Waals surface area contributed by atoms with Crippen LogP contribution in [0.3, 0.4) is 0 Å². The minimum absolute atomic E-state index is 0.0652. The van der Waals surface area contributed by atoms with Gasteiger partial charge in [-0.3, -0.25) is 13.9 Å². The van der Waals surface area contributed by atoms with E-state index < -0.39 is 39.9 Å². The Morgan fingerprint density at radius 1 is 0.947 bits per heavy atom. The van der Waals surface area contributed by atoms with Gasteiger partial charge < -0.3 is 10.2 Å². The molecule has 3 rings (SSSR count). The van der Waals surface area contributed by atoms with E-state index in [1.54, 1.807) is 25.1 Å². The summed E-state index contributed by atoms with van der Waals surface area (Å²) in [6.07, 6.45) is 0. The van der Waals surface area contributed by atoms with E-state index in [4.69, 9.17) is 0 Å². The molecule has 0 heterocycles. The van der Waals surface area contributed by atoms with Crippen LogP contribution >= 0.6 is 0 Å². The molecule has 1 atom stereocenters. The van der Waals surface area contributed by atoms with Gasteiger partial charge in [-0.05, 0) is 64.4 Å². The number of para-hydroxylation sites is 1. The van der Waals surface area contributed by atoms with Crippen LogP contribution in [0.2, 0.25) is 0 Å². The number of nitrogens with one attached hydrogen (secondary N) is 1. The van der Waals surface area contributed by atoms with Crippen LogP contribution in [-0.2, 0) is 26.2 Å². The van der Waals surface area contributed by atoms with Gasteiger partial charge in [0.25, 0.3) is 10.0 Å². The van der Waals surface area contributed by atoms with Gasteiger partial charge in [0.05, 0.1) is 10.6 Å². The zero-order chi connectivity index (χ0) is 28.1. The third-order valence-corrected chi connectivity index (χ3v) is 7.61. The lowest BCUT2D eigenvalue weighted by molar-refractivity contribution is -0.140. The number of sulfonamides is 1. The number of benzene rings is 3. The van der Waals surface area contributed by atoms with Gasteiger partial charge in [-0.1, -0.05) is 60.2 Å². The summed E-state index contributed by atoms with van der Waals surface area (Å²) in [6, 6.07) is 19.5. The van der Waals surface area contributed by atoms with E-state index in [0.29, 0.717) is 0 Å². The zero-order valence-electron chi connectivity index (χ0n) is 22.3. The number of carbonyl (C=O) groups is 2. The van der Waals surface area contributed by atoms with Crippen LogP contribution in [0.25, 0.3) is 0 Å². The van der Waals surface area contributed by atoms with Crippen molar-refractivity contribution in [1.29, 1.82) is 0 Å². The lowest BCUT2D eigenvalue weighted by Gasteiger charge is -2.33. The predicted molar refractivity (Wildman–Crippen MR) is 146 cm³/mol. The molecule has 9 heteroatoms. The van der Waals surface area contributed by atoms with Crippen LogP contribution in [0.4, 0.5) is 10.1 Å². The van der Waals surface area contributed by atoms with Crippen LogP contribution in [0, 0.1) is 12.7 Å². The highest BCUT2D eigenvalue weighted by Crippen LogP contribution is 2.27. The SMILES string of the molecule is Cc1cccc(CN(C(=O)CN(c2ccccc2F)S(=O)(=O)c2ccccc2)C(C)C(=O)NC(C)(C)C)c1. The van der Waals surface area contributed by atoms with E-state index in [9.17, 15) is 22.4 Å². The van der Waals surface area contributed by atoms with E-state index in [1.165, 1.54) is 35.2 Å². The second-order valence-electron chi connectivity index (χ2n) is 10.2. The molecule has 1 N–H and O–H groups in total. The Labute approximate surface area is 224 Å². The second kappa shape index (κ2) is 11.8. The summed E-state index contributed by atoms with van der Waals surface area (Å²) in [5, 5.41) is 2.88. The molecule has 0 aromatic heterocycles. The minimum Gasteiger partial charge on any atom is -0.350 e. The maximum absolute atomic E-state index is 14.9. The average molecular weight is 540 g/mol. The molecule has 0 radical (unpaired) electrons. The number of rotatable bonds is 9. The quantitative estimate of drug-likeness (QED) is 0.429. The van der Waals surface area contributed by atoms with Gasteiger partial charge in [-0.15, -0.1) is 0 Å². The molecule has 2 amide bonds. The molecule has 1 unspecified atom stereocenters. The monoisotopic (exact) mass is 539 g/mol. The van der Waals surface area contributed by atoms with Gasteiger partial charge in [-0.2, -0.15) is 0 Å². The molecule has 0 saturated heterocycles. The van der Waals surface area contributed by atoms with E-state index in [0.717, 1.165) is 21.5 Å². The highest BCUT2D eigenvalue weighted by atomic mass is 32.2. The lowest BCUT2D eigenvalue weighted by Crippen LogP contribution is -2.54. The Kier molecular flexibility index (Phi) is 8.93. The molecule has 0 aliphatic heterocycles. The number of halogens is 1. The number of aryl methyl sites for hydroxylation is 1. The summed E-state index contributed by atoms with van der Waals surface area (Å²) in [6.45, 7) is 8.36. The number of anilines is 1. The maximum atomic E-state index is 14.9. The molecule has 3 aromatic carbocycles. The normalized spacial score (nSPS) is 12.5. The Balaban J connectivity index is 2.04. The summed E-state index contributed by atoms with van der Waals surface area (Å²) in [5.74, 6) is -1.82. The van der Waals surface area contributed by atoms with Crippen molar-refractivity contribution < 1.29 is 22.4 Å². The number of carbonyl (C=O) groups excluding carboxylic acids is 2. The number of hydrogen-bond acceptors (Lipinski definition) is 4. The van der Waals surface area contributed by atoms with Crippen molar-refractivity contribution in [1.82, 2.24) is 10.2 Å². The standard InChI is InChI=1S/C29H34FN3O4S/c1-21-12-11-13-23(18-21)19-32(22(2)28(35)31-29(3,4)5)27(34)20-33(26-17-10-9-16-25(26)30)38(36,37)24-14-7-6-8-15-24/h6-18,22H,19-20H2,1-5H3,(H,31,35). The van der Waals surface area contributed by atoms with Gasteiger partial charge in [0.15, 0.2) is 0 Å². The zero-order valence-corrected chi connectivity index (χ0v) is 23.1. The molecule has 0 fully saturated rings. The first-order valence-electron chi connectivity index (χ1n) is 12.3. The number of nitrogens with zero attached hydrogens (tertiary/aromatic N) is 2. The summed E-state index contributed by atoms with van der Waals surface area (Å²) in [5.41, 5.74) is 0.949. The Morgan fingerprint density at radius 3 is 2.18 bits per heavy atom. The number of hydrogen-bond donors (Lipinski definition) is 1. The predicted octanol–water partition coefficient (Wildman–Crippen LogP) is 4.66. The average Bonchev–Trinajstić information content (AvgIpc) is 2.85. The molecular formula is C29H34FN3O4S. The van der Waals surface area contributed by atoms with Gasteiger partial charge in [-0.25, -0.2) is 12.8 Å². The van der Waals surface area contributed by atoms with E-state index in [2.05, 4.69) is 5.32 Å². The molecule has 0 bridgehead atoms. The highest BCUT2D eigenvalue weighted by Gasteiger charge is 2.34. The van der Waals surface area contributed by atoms with E-state index in [-0.39, 0.29) is 23.0 Å². The van der Waals surface area contributed by atoms with Crippen LogP contribution in [-0.4, -0.2) is 43.3 Å². The summed E-state index contributed by atoms with van der Waals surface area (Å²) in [7, 11) is -4.31. The Hall–Kier alpha value is -3.72. The smallest absolute Gasteiger partial charge is 0.264 e. The first-order chi connectivity index (χ1) is 17.8. The third kappa shape index (κ3) is 7.19. The van der Waals surface area contributed by atoms with Gasteiger partial charge in [0.1, 0.15) is 18.4 Å². The van der Waals surface area contributed by atoms with Gasteiger partial charge >= 0.3 is 0 Å². The van der Waals surface area contributed by atoms with Crippen LogP contribution < -0.4 is 9.62 Å². The third-order valence-electron chi connectivity index (χ3n) is 5.83. The van der Waals surface area contributed by atoms with Crippen molar-refractivity contribution in [2.75, 3.05) is 10.8 Å². The fourth-order valence-corrected chi connectivity index (χ4v) is 5.39. The Bertz CT molecular complexity index is 1390. The fourth-order valence-electron chi connectivity index (χ4n) is 3.95. The summed E-state index contributed by atoms with van der Waals surface area (Å²) in [4.78, 5) is 28.2. The number of amides is 2. The van der Waals surface area contributed by atoms with Gasteiger partial charge in [0, 0.05) is 12.1 Å². The summed E-state index contributed by atoms with van der Waals surface area (Å²) < 4.78 is 43.0. The van der Waals surface area contributed by atoms with Crippen molar-refractivity contribution in [3.8, 4) is 0 Å². The van der Waals surface area contributed by atoms with E-state index in [1.807, 2.05) is 52.0 Å². The first-order valence-corrected chi connectivity index (χ1v) is 13.7. The van der Waals surface area contributed by atoms with Gasteiger partial charge in [0.2, 0.25) is 11.8 Å². The lowest BCUT2D eigenvalue weighted by atomic mass is 10.1. The Morgan fingerprint density at radius 2 is 1.58 bits per heavy atom. The van der Waals surface area contributed by atoms with Crippen LogP contribution in [0.15, 0.2) is 83.8 Å². The van der Waals surface area contributed by atoms with E-state index >= 15 is 0 Å². The first kappa shape index (κ1) is 28.8. The molecule has 0 aliphatic rings. The van der Waals surface area contributed by atoms with Crippen molar-refractivity contribution in [2.24, 2.45) is 0 Å². The van der Waals surface area contributed by atoms with Crippen LogP contribution in [0.5, 0.6) is 0 Å². The molecule has 7 nitrogen and oxygen atoms in total. The molecule has 0 spiro atoms. The van der Waals surface area contributed by atoms with Crippen molar-refractivity contribution in [3.05, 3.63) is 95.8 Å². The largest absolute Gasteiger partial charge is 0.350 e. The van der Waals surface area contributed by atoms with Crippen molar-refractivity contribution in [2.45, 2.75) is 57.6 Å². The second-order valence-corrected chi connectivity index (χ2v) is 12.1. The fraction of sp³-hybridized carbons (Fsp3) is 0.310. The molecule has 0 saturated carbocycles. The maximum Gasteiger partial charge on any atom is 0.264 e. The van der Waals surface area contributed by atoms with Crippen LogP contribution in [0.1, 0.15) is 38.8 Å². The van der Waals surface area contributed by atoms with Crippen molar-refractivity contribution >= 4 is 27.5 Å². The van der Waals surface area contributed by atoms with Crippen molar-refractivity contribution in [3.63, 3.8) is 0 Å². The molecular weight excluding hydrogens is 505 g/mol. The molecule has 202 valence electrons. The molecule has 0 aliphatic carbocycles. The minimum atomic E-state index is -4.31. The highest BCUT2D eigenvalue weighted by molar-refractivity contribution is 7.92. The topological polar surface area (TPSA) is 86.8 Å². The summed E-state index contributed by atoms with van der Waals surface area (Å²) >= 11 is 0. The molecule has 38 heavy (non-hydrogen) atoms. The molecule has 3 aromatic rings.